The second kappa shape index (κ2) is 7.55. The van der Waals surface area contributed by atoms with E-state index in [9.17, 15) is 9.59 Å². The minimum Gasteiger partial charge on any atom is -0.371 e. The van der Waals surface area contributed by atoms with Gasteiger partial charge in [0.2, 0.25) is 5.91 Å². The molecule has 1 atom stereocenters. The number of benzene rings is 1. The van der Waals surface area contributed by atoms with Gasteiger partial charge in [0, 0.05) is 38.1 Å². The third-order valence-corrected chi connectivity index (χ3v) is 4.81. The van der Waals surface area contributed by atoms with Crippen LogP contribution >= 0.6 is 0 Å². The Hall–Kier alpha value is -2.24. The van der Waals surface area contributed by atoms with Crippen molar-refractivity contribution < 1.29 is 9.59 Å². The Kier molecular flexibility index (Phi) is 5.23. The summed E-state index contributed by atoms with van der Waals surface area (Å²) in [4.78, 5) is 28.0. The highest BCUT2D eigenvalue weighted by Crippen LogP contribution is 2.22. The number of anilines is 2. The number of nitrogens with zero attached hydrogens (tertiary/aromatic N) is 2. The first-order valence-corrected chi connectivity index (χ1v) is 8.81. The summed E-state index contributed by atoms with van der Waals surface area (Å²) in [6.45, 7) is 2.82. The number of carbonyl (C=O) groups excluding carboxylic acids is 2. The summed E-state index contributed by atoms with van der Waals surface area (Å²) in [5, 5.41) is 5.61. The number of likely N-dealkylation sites (tertiary alicyclic amines) is 1. The van der Waals surface area contributed by atoms with Crippen molar-refractivity contribution in [3.8, 4) is 0 Å². The van der Waals surface area contributed by atoms with Gasteiger partial charge in [-0.05, 0) is 37.5 Å². The first kappa shape index (κ1) is 16.6. The molecule has 0 saturated carbocycles. The first-order valence-electron chi connectivity index (χ1n) is 8.81. The van der Waals surface area contributed by atoms with Crippen LogP contribution in [-0.2, 0) is 4.79 Å². The minimum atomic E-state index is -0.413. The molecule has 24 heavy (non-hydrogen) atoms. The lowest BCUT2D eigenvalue weighted by Gasteiger charge is -2.23. The summed E-state index contributed by atoms with van der Waals surface area (Å²) < 4.78 is 0. The second-order valence-corrected chi connectivity index (χ2v) is 6.65. The van der Waals surface area contributed by atoms with Gasteiger partial charge in [0.15, 0.2) is 0 Å². The summed E-state index contributed by atoms with van der Waals surface area (Å²) in [6.07, 6.45) is 5.68. The van der Waals surface area contributed by atoms with Crippen molar-refractivity contribution in [2.24, 2.45) is 0 Å². The number of hydrogen-bond acceptors (Lipinski definition) is 3. The third kappa shape index (κ3) is 3.99. The number of amides is 3. The molecule has 2 aliphatic rings. The zero-order chi connectivity index (χ0) is 16.9. The normalized spacial score (nSPS) is 21.5. The maximum atomic E-state index is 12.2. The van der Waals surface area contributed by atoms with Gasteiger partial charge in [-0.25, -0.2) is 4.79 Å². The number of carbonyl (C=O) groups is 2. The predicted octanol–water partition coefficient (Wildman–Crippen LogP) is 2.42. The molecule has 6 nitrogen and oxygen atoms in total. The van der Waals surface area contributed by atoms with Crippen LogP contribution in [0, 0.1) is 0 Å². The van der Waals surface area contributed by atoms with Crippen molar-refractivity contribution >= 4 is 23.3 Å². The highest BCUT2D eigenvalue weighted by molar-refractivity contribution is 5.94. The molecule has 6 heteroatoms. The zero-order valence-electron chi connectivity index (χ0n) is 14.3. The van der Waals surface area contributed by atoms with Crippen LogP contribution in [0.25, 0.3) is 0 Å². The van der Waals surface area contributed by atoms with E-state index in [2.05, 4.69) is 21.6 Å². The van der Waals surface area contributed by atoms with Crippen molar-refractivity contribution in [1.82, 2.24) is 10.2 Å². The molecule has 0 radical (unpaired) electrons. The average Bonchev–Trinajstić information content (AvgIpc) is 2.80. The second-order valence-electron chi connectivity index (χ2n) is 6.65. The van der Waals surface area contributed by atoms with E-state index in [1.54, 1.807) is 11.9 Å². The number of likely N-dealkylation sites (N-methyl/N-ethyl adjacent to an activating group) is 1. The van der Waals surface area contributed by atoms with E-state index in [-0.39, 0.29) is 11.9 Å². The monoisotopic (exact) mass is 330 g/mol. The SMILES string of the molecule is CN1CC[C@H](NC(=O)Nc2cccc(N3CCCCCC3)c2)C1=O. The van der Waals surface area contributed by atoms with Crippen LogP contribution in [-0.4, -0.2) is 49.6 Å². The van der Waals surface area contributed by atoms with E-state index in [4.69, 9.17) is 0 Å². The highest BCUT2D eigenvalue weighted by atomic mass is 16.2. The fourth-order valence-corrected chi connectivity index (χ4v) is 3.39. The number of hydrogen-bond donors (Lipinski definition) is 2. The van der Waals surface area contributed by atoms with Crippen LogP contribution in [0.5, 0.6) is 0 Å². The average molecular weight is 330 g/mol. The fourth-order valence-electron chi connectivity index (χ4n) is 3.39. The Balaban J connectivity index is 1.59. The predicted molar refractivity (Wildman–Crippen MR) is 95.3 cm³/mol. The molecule has 2 saturated heterocycles. The molecule has 0 unspecified atom stereocenters. The molecule has 2 heterocycles. The molecule has 2 aliphatic heterocycles. The van der Waals surface area contributed by atoms with Gasteiger partial charge in [0.25, 0.3) is 0 Å². The molecule has 0 aromatic heterocycles. The van der Waals surface area contributed by atoms with E-state index in [1.165, 1.54) is 25.7 Å². The minimum absolute atomic E-state index is 0.0246. The smallest absolute Gasteiger partial charge is 0.319 e. The van der Waals surface area contributed by atoms with E-state index in [0.717, 1.165) is 24.5 Å². The Morgan fingerprint density at radius 1 is 1.12 bits per heavy atom. The molecule has 3 amide bonds. The molecule has 1 aromatic carbocycles. The van der Waals surface area contributed by atoms with E-state index in [1.807, 2.05) is 18.2 Å². The summed E-state index contributed by atoms with van der Waals surface area (Å²) in [5.41, 5.74) is 1.90. The Bertz CT molecular complexity index is 596. The molecule has 3 rings (SSSR count). The number of urea groups is 1. The summed E-state index contributed by atoms with van der Waals surface area (Å²) in [6, 6.07) is 7.20. The standard InChI is InChI=1S/C18H26N4O2/c1-21-12-9-16(17(21)23)20-18(24)19-14-7-6-8-15(13-14)22-10-4-2-3-5-11-22/h6-8,13,16H,2-5,9-12H2,1H3,(H2,19,20,24)/t16-/m0/s1. The van der Waals surface area contributed by atoms with Crippen molar-refractivity contribution in [2.75, 3.05) is 36.9 Å². The van der Waals surface area contributed by atoms with Crippen LogP contribution in [0.3, 0.4) is 0 Å². The Morgan fingerprint density at radius 2 is 1.88 bits per heavy atom. The van der Waals surface area contributed by atoms with Gasteiger partial charge in [0.1, 0.15) is 6.04 Å². The number of rotatable bonds is 3. The summed E-state index contributed by atoms with van der Waals surface area (Å²) in [7, 11) is 1.76. The third-order valence-electron chi connectivity index (χ3n) is 4.81. The highest BCUT2D eigenvalue weighted by Gasteiger charge is 2.30. The van der Waals surface area contributed by atoms with Crippen LogP contribution in [0.4, 0.5) is 16.2 Å². The van der Waals surface area contributed by atoms with Gasteiger partial charge in [0.05, 0.1) is 0 Å². The van der Waals surface area contributed by atoms with Crippen molar-refractivity contribution in [3.63, 3.8) is 0 Å². The Morgan fingerprint density at radius 3 is 2.54 bits per heavy atom. The van der Waals surface area contributed by atoms with Crippen molar-refractivity contribution in [1.29, 1.82) is 0 Å². The lowest BCUT2D eigenvalue weighted by atomic mass is 10.2. The lowest BCUT2D eigenvalue weighted by Crippen LogP contribution is -2.42. The molecule has 2 fully saturated rings. The Labute approximate surface area is 143 Å². The van der Waals surface area contributed by atoms with Crippen LogP contribution in [0.1, 0.15) is 32.1 Å². The molecular formula is C18H26N4O2. The van der Waals surface area contributed by atoms with E-state index in [0.29, 0.717) is 13.0 Å². The lowest BCUT2D eigenvalue weighted by molar-refractivity contribution is -0.128. The summed E-state index contributed by atoms with van der Waals surface area (Å²) in [5.74, 6) is -0.0246. The molecule has 0 spiro atoms. The molecule has 0 aliphatic carbocycles. The van der Waals surface area contributed by atoms with Crippen molar-refractivity contribution in [2.45, 2.75) is 38.1 Å². The fraction of sp³-hybridized carbons (Fsp3) is 0.556. The molecule has 2 N–H and O–H groups in total. The van der Waals surface area contributed by atoms with Gasteiger partial charge < -0.3 is 20.4 Å². The van der Waals surface area contributed by atoms with Crippen molar-refractivity contribution in [3.05, 3.63) is 24.3 Å². The molecule has 1 aromatic rings. The molecular weight excluding hydrogens is 304 g/mol. The maximum absolute atomic E-state index is 12.2. The van der Waals surface area contributed by atoms with E-state index >= 15 is 0 Å². The zero-order valence-corrected chi connectivity index (χ0v) is 14.3. The van der Waals surface area contributed by atoms with Gasteiger partial charge in [-0.1, -0.05) is 18.9 Å². The first-order chi connectivity index (χ1) is 11.6. The topological polar surface area (TPSA) is 64.7 Å². The molecule has 130 valence electrons. The maximum Gasteiger partial charge on any atom is 0.319 e. The largest absolute Gasteiger partial charge is 0.371 e. The quantitative estimate of drug-likeness (QED) is 0.894. The van der Waals surface area contributed by atoms with Crippen LogP contribution in [0.15, 0.2) is 24.3 Å². The summed E-state index contributed by atoms with van der Waals surface area (Å²) >= 11 is 0. The number of nitrogens with one attached hydrogen (secondary N) is 2. The van der Waals surface area contributed by atoms with Crippen LogP contribution < -0.4 is 15.5 Å². The van der Waals surface area contributed by atoms with Gasteiger partial charge in [-0.2, -0.15) is 0 Å². The van der Waals surface area contributed by atoms with Gasteiger partial charge >= 0.3 is 6.03 Å². The van der Waals surface area contributed by atoms with E-state index < -0.39 is 6.04 Å². The van der Waals surface area contributed by atoms with Crippen LogP contribution in [0.2, 0.25) is 0 Å². The van der Waals surface area contributed by atoms with Gasteiger partial charge in [-0.3, -0.25) is 4.79 Å². The van der Waals surface area contributed by atoms with Gasteiger partial charge in [-0.15, -0.1) is 0 Å². The molecule has 0 bridgehead atoms.